The van der Waals surface area contributed by atoms with Crippen LogP contribution in [0.25, 0.3) is 0 Å². The van der Waals surface area contributed by atoms with Gasteiger partial charge in [-0.1, -0.05) is 6.92 Å². The lowest BCUT2D eigenvalue weighted by Crippen LogP contribution is -2.46. The minimum atomic E-state index is 0.151. The van der Waals surface area contributed by atoms with Gasteiger partial charge in [-0.05, 0) is 25.9 Å². The third kappa shape index (κ3) is 6.60. The summed E-state index contributed by atoms with van der Waals surface area (Å²) in [5.41, 5.74) is 0. The molecule has 0 spiro atoms. The molecule has 0 aromatic rings. The fraction of sp³-hybridized carbons (Fsp3) is 0.938. The van der Waals surface area contributed by atoms with E-state index in [-0.39, 0.29) is 5.91 Å². The lowest BCUT2D eigenvalue weighted by Gasteiger charge is -2.34. The van der Waals surface area contributed by atoms with Crippen molar-refractivity contribution in [1.29, 1.82) is 0 Å². The van der Waals surface area contributed by atoms with Crippen molar-refractivity contribution in [3.63, 3.8) is 0 Å². The quantitative estimate of drug-likeness (QED) is 0.632. The highest BCUT2D eigenvalue weighted by atomic mass is 16.5. The van der Waals surface area contributed by atoms with Crippen molar-refractivity contribution in [2.45, 2.75) is 19.8 Å². The van der Waals surface area contributed by atoms with Gasteiger partial charge < -0.3 is 19.9 Å². The van der Waals surface area contributed by atoms with E-state index in [2.05, 4.69) is 26.9 Å². The van der Waals surface area contributed by atoms with Crippen molar-refractivity contribution >= 4 is 5.91 Å². The SMILES string of the molecule is CCN1CCN(CCCCNC(=O)CN2CCOCC2)CC1. The van der Waals surface area contributed by atoms with Crippen LogP contribution in [0.4, 0.5) is 0 Å². The van der Waals surface area contributed by atoms with Gasteiger partial charge in [0.1, 0.15) is 0 Å². The molecule has 6 nitrogen and oxygen atoms in total. The summed E-state index contributed by atoms with van der Waals surface area (Å²) in [6.45, 7) is 13.9. The molecule has 2 aliphatic rings. The summed E-state index contributed by atoms with van der Waals surface area (Å²) in [6.07, 6.45) is 2.24. The van der Waals surface area contributed by atoms with Crippen molar-refractivity contribution in [2.75, 3.05) is 78.7 Å². The number of nitrogens with zero attached hydrogens (tertiary/aromatic N) is 3. The number of ether oxygens (including phenoxy) is 1. The van der Waals surface area contributed by atoms with Gasteiger partial charge in [0, 0.05) is 45.8 Å². The Kier molecular flexibility index (Phi) is 8.15. The molecule has 0 saturated carbocycles. The Bertz CT molecular complexity index is 313. The topological polar surface area (TPSA) is 48.0 Å². The minimum absolute atomic E-state index is 0.151. The zero-order valence-electron chi connectivity index (χ0n) is 14.1. The van der Waals surface area contributed by atoms with Crippen LogP contribution in [0.1, 0.15) is 19.8 Å². The number of piperazine rings is 1. The van der Waals surface area contributed by atoms with Crippen molar-refractivity contribution in [1.82, 2.24) is 20.0 Å². The summed E-state index contributed by atoms with van der Waals surface area (Å²) in [5.74, 6) is 0.151. The summed E-state index contributed by atoms with van der Waals surface area (Å²) in [7, 11) is 0. The second-order valence-electron chi connectivity index (χ2n) is 6.22. The third-order valence-corrected chi connectivity index (χ3v) is 4.61. The summed E-state index contributed by atoms with van der Waals surface area (Å²) < 4.78 is 5.28. The number of nitrogens with one attached hydrogen (secondary N) is 1. The van der Waals surface area contributed by atoms with Crippen LogP contribution in [0, 0.1) is 0 Å². The van der Waals surface area contributed by atoms with Crippen LogP contribution in [0.3, 0.4) is 0 Å². The van der Waals surface area contributed by atoms with Gasteiger partial charge in [-0.2, -0.15) is 0 Å². The van der Waals surface area contributed by atoms with E-state index in [9.17, 15) is 4.79 Å². The Morgan fingerprint density at radius 1 is 0.955 bits per heavy atom. The molecule has 22 heavy (non-hydrogen) atoms. The van der Waals surface area contributed by atoms with Crippen LogP contribution in [0.5, 0.6) is 0 Å². The van der Waals surface area contributed by atoms with Crippen LogP contribution in [-0.2, 0) is 9.53 Å². The van der Waals surface area contributed by atoms with E-state index in [0.717, 1.165) is 45.8 Å². The molecule has 2 aliphatic heterocycles. The van der Waals surface area contributed by atoms with E-state index in [1.54, 1.807) is 0 Å². The van der Waals surface area contributed by atoms with Gasteiger partial charge in [-0.25, -0.2) is 0 Å². The lowest BCUT2D eigenvalue weighted by atomic mass is 10.2. The number of hydrogen-bond acceptors (Lipinski definition) is 5. The molecule has 0 atom stereocenters. The molecular formula is C16H32N4O2. The summed E-state index contributed by atoms with van der Waals surface area (Å²) in [4.78, 5) is 19.0. The van der Waals surface area contributed by atoms with Gasteiger partial charge in [0.25, 0.3) is 0 Å². The number of amides is 1. The number of carbonyl (C=O) groups is 1. The first-order chi connectivity index (χ1) is 10.8. The van der Waals surface area contributed by atoms with Crippen molar-refractivity contribution < 1.29 is 9.53 Å². The van der Waals surface area contributed by atoms with Crippen LogP contribution < -0.4 is 5.32 Å². The Labute approximate surface area is 134 Å². The highest BCUT2D eigenvalue weighted by molar-refractivity contribution is 5.77. The molecule has 2 rings (SSSR count). The maximum absolute atomic E-state index is 11.8. The fourth-order valence-electron chi connectivity index (χ4n) is 3.04. The van der Waals surface area contributed by atoms with Crippen LogP contribution in [-0.4, -0.2) is 99.3 Å². The van der Waals surface area contributed by atoms with E-state index < -0.39 is 0 Å². The van der Waals surface area contributed by atoms with E-state index in [0.29, 0.717) is 6.54 Å². The number of morpholine rings is 1. The summed E-state index contributed by atoms with van der Waals surface area (Å²) in [5, 5.41) is 3.04. The Hall–Kier alpha value is -0.690. The predicted octanol–water partition coefficient (Wildman–Crippen LogP) is -0.147. The number of rotatable bonds is 8. The first kappa shape index (κ1) is 17.7. The molecule has 0 aromatic heterocycles. The molecule has 0 aliphatic carbocycles. The maximum Gasteiger partial charge on any atom is 0.234 e. The molecule has 1 amide bonds. The number of unbranched alkanes of at least 4 members (excludes halogenated alkanes) is 1. The van der Waals surface area contributed by atoms with Crippen molar-refractivity contribution in [3.05, 3.63) is 0 Å². The van der Waals surface area contributed by atoms with Crippen LogP contribution in [0.15, 0.2) is 0 Å². The van der Waals surface area contributed by atoms with Gasteiger partial charge in [-0.3, -0.25) is 9.69 Å². The number of hydrogen-bond donors (Lipinski definition) is 1. The zero-order chi connectivity index (χ0) is 15.6. The van der Waals surface area contributed by atoms with E-state index >= 15 is 0 Å². The molecular weight excluding hydrogens is 280 g/mol. The van der Waals surface area contributed by atoms with Crippen LogP contribution in [0.2, 0.25) is 0 Å². The smallest absolute Gasteiger partial charge is 0.234 e. The number of likely N-dealkylation sites (N-methyl/N-ethyl adjacent to an activating group) is 1. The van der Waals surface area contributed by atoms with Gasteiger partial charge in [0.15, 0.2) is 0 Å². The molecule has 2 fully saturated rings. The average Bonchev–Trinajstić information content (AvgIpc) is 2.56. The van der Waals surface area contributed by atoms with Crippen LogP contribution >= 0.6 is 0 Å². The van der Waals surface area contributed by atoms with Gasteiger partial charge in [0.2, 0.25) is 5.91 Å². The largest absolute Gasteiger partial charge is 0.379 e. The molecule has 0 radical (unpaired) electrons. The molecule has 0 aromatic carbocycles. The molecule has 6 heteroatoms. The van der Waals surface area contributed by atoms with Gasteiger partial charge in [-0.15, -0.1) is 0 Å². The first-order valence-electron chi connectivity index (χ1n) is 8.79. The van der Waals surface area contributed by atoms with Crippen molar-refractivity contribution in [2.24, 2.45) is 0 Å². The Morgan fingerprint density at radius 2 is 1.64 bits per heavy atom. The summed E-state index contributed by atoms with van der Waals surface area (Å²) >= 11 is 0. The fourth-order valence-corrected chi connectivity index (χ4v) is 3.04. The number of carbonyl (C=O) groups excluding carboxylic acids is 1. The van der Waals surface area contributed by atoms with Crippen molar-refractivity contribution in [3.8, 4) is 0 Å². The van der Waals surface area contributed by atoms with Gasteiger partial charge in [0.05, 0.1) is 19.8 Å². The molecule has 128 valence electrons. The molecule has 0 unspecified atom stereocenters. The second kappa shape index (κ2) is 10.2. The third-order valence-electron chi connectivity index (χ3n) is 4.61. The highest BCUT2D eigenvalue weighted by Crippen LogP contribution is 2.03. The monoisotopic (exact) mass is 312 g/mol. The predicted molar refractivity (Wildman–Crippen MR) is 88.1 cm³/mol. The zero-order valence-corrected chi connectivity index (χ0v) is 14.1. The minimum Gasteiger partial charge on any atom is -0.379 e. The average molecular weight is 312 g/mol. The lowest BCUT2D eigenvalue weighted by molar-refractivity contribution is -0.123. The maximum atomic E-state index is 11.8. The van der Waals surface area contributed by atoms with E-state index in [4.69, 9.17) is 4.74 Å². The van der Waals surface area contributed by atoms with E-state index in [1.807, 2.05) is 0 Å². The Balaban J connectivity index is 1.44. The molecule has 2 saturated heterocycles. The Morgan fingerprint density at radius 3 is 2.32 bits per heavy atom. The molecule has 2 heterocycles. The normalized spacial score (nSPS) is 21.9. The first-order valence-corrected chi connectivity index (χ1v) is 8.79. The van der Waals surface area contributed by atoms with E-state index in [1.165, 1.54) is 39.1 Å². The highest BCUT2D eigenvalue weighted by Gasteiger charge is 2.15. The molecule has 1 N–H and O–H groups in total. The summed E-state index contributed by atoms with van der Waals surface area (Å²) in [6, 6.07) is 0. The van der Waals surface area contributed by atoms with Gasteiger partial charge >= 0.3 is 0 Å². The molecule has 0 bridgehead atoms. The standard InChI is InChI=1S/C16H32N4O2/c1-2-18-7-9-19(10-8-18)6-4-3-5-17-16(21)15-20-11-13-22-14-12-20/h2-15H2,1H3,(H,17,21). The second-order valence-corrected chi connectivity index (χ2v) is 6.22.